The molecule has 3 unspecified atom stereocenters. The van der Waals surface area contributed by atoms with Gasteiger partial charge in [0.2, 0.25) is 5.91 Å². The average Bonchev–Trinajstić information content (AvgIpc) is 3.02. The molecule has 1 saturated heterocycles. The predicted molar refractivity (Wildman–Crippen MR) is 94.9 cm³/mol. The van der Waals surface area contributed by atoms with Crippen molar-refractivity contribution in [1.82, 2.24) is 5.32 Å². The molecule has 3 rings (SSSR count). The maximum absolute atomic E-state index is 11.9. The van der Waals surface area contributed by atoms with Gasteiger partial charge < -0.3 is 10.1 Å². The Morgan fingerprint density at radius 1 is 1.38 bits per heavy atom. The van der Waals surface area contributed by atoms with Gasteiger partial charge in [0.25, 0.3) is 0 Å². The van der Waals surface area contributed by atoms with Gasteiger partial charge in [-0.2, -0.15) is 5.10 Å². The summed E-state index contributed by atoms with van der Waals surface area (Å²) in [4.78, 5) is 22.7. The quantitative estimate of drug-likeness (QED) is 0.624. The topological polar surface area (TPSA) is 80.1 Å². The molecule has 3 fully saturated rings. The van der Waals surface area contributed by atoms with Gasteiger partial charge in [0.15, 0.2) is 5.17 Å². The molecule has 3 atom stereocenters. The molecule has 2 bridgehead atoms. The Bertz CT molecular complexity index is 629. The van der Waals surface area contributed by atoms with Gasteiger partial charge in [-0.3, -0.25) is 9.59 Å². The van der Waals surface area contributed by atoms with Crippen molar-refractivity contribution in [2.24, 2.45) is 27.0 Å². The van der Waals surface area contributed by atoms with Gasteiger partial charge in [0.05, 0.1) is 11.9 Å². The molecule has 2 aliphatic carbocycles. The molecule has 3 aliphatic rings. The van der Waals surface area contributed by atoms with Gasteiger partial charge in [-0.05, 0) is 30.6 Å². The molecule has 0 aromatic heterocycles. The Kier molecular flexibility index (Phi) is 4.49. The maximum Gasteiger partial charge on any atom is 0.302 e. The van der Waals surface area contributed by atoms with E-state index in [9.17, 15) is 9.59 Å². The van der Waals surface area contributed by atoms with E-state index in [0.717, 1.165) is 12.1 Å². The number of amides is 1. The number of ether oxygens (including phenoxy) is 1. The smallest absolute Gasteiger partial charge is 0.302 e. The van der Waals surface area contributed by atoms with E-state index in [1.165, 1.54) is 31.5 Å². The highest BCUT2D eigenvalue weighted by atomic mass is 32.2. The fourth-order valence-corrected chi connectivity index (χ4v) is 5.03. The summed E-state index contributed by atoms with van der Waals surface area (Å²) in [5.74, 6) is 0.264. The molecule has 1 heterocycles. The summed E-state index contributed by atoms with van der Waals surface area (Å²) in [5.41, 5.74) is 1.54. The van der Waals surface area contributed by atoms with Crippen molar-refractivity contribution in [2.45, 2.75) is 58.6 Å². The van der Waals surface area contributed by atoms with Gasteiger partial charge >= 0.3 is 5.97 Å². The second kappa shape index (κ2) is 6.17. The van der Waals surface area contributed by atoms with Crippen LogP contribution in [0.2, 0.25) is 0 Å². The van der Waals surface area contributed by atoms with E-state index in [-0.39, 0.29) is 34.6 Å². The first-order chi connectivity index (χ1) is 11.2. The van der Waals surface area contributed by atoms with Gasteiger partial charge in [0.1, 0.15) is 0 Å². The standard InChI is InChI=1S/C17H25N3O3S/c1-10(21)23-8-6-12-14(22)18-15(24-12)20-19-13-9-11-5-7-17(13,4)16(11,2)3/h11-12H,5-9H2,1-4H3,(H,18,20,22)/b19-13+. The fourth-order valence-electron chi connectivity index (χ4n) is 4.14. The Morgan fingerprint density at radius 3 is 2.71 bits per heavy atom. The monoisotopic (exact) mass is 351 g/mol. The highest BCUT2D eigenvalue weighted by Crippen LogP contribution is 2.64. The van der Waals surface area contributed by atoms with Gasteiger partial charge in [-0.1, -0.05) is 32.5 Å². The minimum atomic E-state index is -0.328. The van der Waals surface area contributed by atoms with Crippen molar-refractivity contribution in [1.29, 1.82) is 0 Å². The van der Waals surface area contributed by atoms with Crippen LogP contribution < -0.4 is 5.32 Å². The largest absolute Gasteiger partial charge is 0.466 e. The molecule has 1 aliphatic heterocycles. The molecule has 0 spiro atoms. The van der Waals surface area contributed by atoms with E-state index in [0.29, 0.717) is 17.5 Å². The maximum atomic E-state index is 11.9. The Balaban J connectivity index is 1.64. The number of esters is 1. The number of rotatable bonds is 4. The third-order valence-corrected chi connectivity index (χ3v) is 7.38. The van der Waals surface area contributed by atoms with Crippen molar-refractivity contribution < 1.29 is 14.3 Å². The molecule has 7 heteroatoms. The highest BCUT2D eigenvalue weighted by Gasteiger charge is 2.60. The molecule has 0 radical (unpaired) electrons. The predicted octanol–water partition coefficient (Wildman–Crippen LogP) is 2.73. The van der Waals surface area contributed by atoms with E-state index < -0.39 is 0 Å². The third-order valence-electron chi connectivity index (χ3n) is 6.24. The number of nitrogens with zero attached hydrogens (tertiary/aromatic N) is 2. The van der Waals surface area contributed by atoms with E-state index in [4.69, 9.17) is 4.74 Å². The summed E-state index contributed by atoms with van der Waals surface area (Å²) in [6, 6.07) is 0. The van der Waals surface area contributed by atoms with Crippen LogP contribution in [0.25, 0.3) is 0 Å². The molecular formula is C17H25N3O3S. The first-order valence-electron chi connectivity index (χ1n) is 8.50. The molecular weight excluding hydrogens is 326 g/mol. The van der Waals surface area contributed by atoms with Crippen LogP contribution in [-0.2, 0) is 14.3 Å². The van der Waals surface area contributed by atoms with E-state index in [1.54, 1.807) is 0 Å². The molecule has 0 aromatic carbocycles. The van der Waals surface area contributed by atoms with E-state index in [1.807, 2.05) is 0 Å². The zero-order chi connectivity index (χ0) is 17.5. The number of thioether (sulfide) groups is 1. The number of fused-ring (bicyclic) bond motifs is 2. The molecule has 0 aromatic rings. The third kappa shape index (κ3) is 2.87. The van der Waals surface area contributed by atoms with E-state index >= 15 is 0 Å². The molecule has 2 saturated carbocycles. The molecule has 132 valence electrons. The highest BCUT2D eigenvalue weighted by molar-refractivity contribution is 8.15. The molecule has 6 nitrogen and oxygen atoms in total. The Labute approximate surface area is 146 Å². The lowest BCUT2D eigenvalue weighted by molar-refractivity contribution is -0.141. The number of hydrogen-bond acceptors (Lipinski definition) is 6. The second-order valence-electron chi connectivity index (χ2n) is 7.67. The van der Waals surface area contributed by atoms with Crippen LogP contribution in [0, 0.1) is 16.7 Å². The lowest BCUT2D eigenvalue weighted by Gasteiger charge is -2.34. The van der Waals surface area contributed by atoms with Crippen molar-refractivity contribution >= 4 is 34.5 Å². The van der Waals surface area contributed by atoms with E-state index in [2.05, 4.69) is 36.3 Å². The summed E-state index contributed by atoms with van der Waals surface area (Å²) in [6.45, 7) is 8.56. The summed E-state index contributed by atoms with van der Waals surface area (Å²) < 4.78 is 4.90. The number of carbonyl (C=O) groups excluding carboxylic acids is 2. The normalized spacial score (nSPS) is 37.2. The van der Waals surface area contributed by atoms with Crippen LogP contribution in [0.3, 0.4) is 0 Å². The summed E-state index contributed by atoms with van der Waals surface area (Å²) >= 11 is 1.36. The van der Waals surface area contributed by atoms with Gasteiger partial charge in [-0.15, -0.1) is 5.10 Å². The van der Waals surface area contributed by atoms with Gasteiger partial charge in [0, 0.05) is 24.5 Å². The minimum Gasteiger partial charge on any atom is -0.466 e. The zero-order valence-electron chi connectivity index (χ0n) is 14.7. The number of hydrogen-bond donors (Lipinski definition) is 1. The van der Waals surface area contributed by atoms with Crippen LogP contribution in [0.15, 0.2) is 10.2 Å². The van der Waals surface area contributed by atoms with Crippen LogP contribution >= 0.6 is 11.8 Å². The van der Waals surface area contributed by atoms with Crippen molar-refractivity contribution in [2.75, 3.05) is 6.61 Å². The second-order valence-corrected chi connectivity index (χ2v) is 8.86. The first kappa shape index (κ1) is 17.5. The number of nitrogens with one attached hydrogen (secondary N) is 1. The van der Waals surface area contributed by atoms with Crippen LogP contribution in [0.1, 0.15) is 53.4 Å². The SMILES string of the molecule is CC(=O)OCCC1S/C(=N/N=C2\CC3CCC2(C)C3(C)C)NC1=O. The number of carbonyl (C=O) groups is 2. The summed E-state index contributed by atoms with van der Waals surface area (Å²) in [5, 5.41) is 11.9. The molecule has 24 heavy (non-hydrogen) atoms. The average molecular weight is 351 g/mol. The van der Waals surface area contributed by atoms with Crippen LogP contribution in [-0.4, -0.2) is 34.6 Å². The lowest BCUT2D eigenvalue weighted by Crippen LogP contribution is -2.32. The summed E-state index contributed by atoms with van der Waals surface area (Å²) in [7, 11) is 0. The van der Waals surface area contributed by atoms with Crippen molar-refractivity contribution in [3.8, 4) is 0 Å². The summed E-state index contributed by atoms with van der Waals surface area (Å²) in [6.07, 6.45) is 3.93. The number of amidine groups is 1. The fraction of sp³-hybridized carbons (Fsp3) is 0.765. The van der Waals surface area contributed by atoms with Crippen LogP contribution in [0.4, 0.5) is 0 Å². The molecule has 1 amide bonds. The van der Waals surface area contributed by atoms with Crippen molar-refractivity contribution in [3.63, 3.8) is 0 Å². The zero-order valence-corrected chi connectivity index (χ0v) is 15.5. The molecule has 1 N–H and O–H groups in total. The van der Waals surface area contributed by atoms with Crippen molar-refractivity contribution in [3.05, 3.63) is 0 Å². The Hall–Kier alpha value is -1.37. The minimum absolute atomic E-state index is 0.0920. The first-order valence-corrected chi connectivity index (χ1v) is 9.38. The van der Waals surface area contributed by atoms with Crippen LogP contribution in [0.5, 0.6) is 0 Å². The lowest BCUT2D eigenvalue weighted by atomic mass is 9.70. The van der Waals surface area contributed by atoms with Gasteiger partial charge in [-0.25, -0.2) is 0 Å². The Morgan fingerprint density at radius 2 is 2.12 bits per heavy atom.